The van der Waals surface area contributed by atoms with Gasteiger partial charge in [0, 0.05) is 12.1 Å². The van der Waals surface area contributed by atoms with E-state index in [1.54, 1.807) is 48.1 Å². The Morgan fingerprint density at radius 2 is 1.28 bits per heavy atom. The summed E-state index contributed by atoms with van der Waals surface area (Å²) in [6.45, 7) is 17.3. The molecule has 1 N–H and O–H groups in total. The van der Waals surface area contributed by atoms with E-state index in [9.17, 15) is 5.11 Å². The lowest BCUT2D eigenvalue weighted by molar-refractivity contribution is -0.114. The van der Waals surface area contributed by atoms with Crippen LogP contribution in [-0.2, 0) is 20.5 Å². The number of hydrogen-bond acceptors (Lipinski definition) is 5. The maximum atomic E-state index is 10.4. The van der Waals surface area contributed by atoms with Crippen LogP contribution in [0, 0.1) is 0 Å². The van der Waals surface area contributed by atoms with E-state index in [2.05, 4.69) is 13.0 Å². The molecule has 2 aromatic carbocycles. The average Bonchev–Trinajstić information content (AvgIpc) is 2.75. The van der Waals surface area contributed by atoms with Crippen molar-refractivity contribution in [3.8, 4) is 11.5 Å². The van der Waals surface area contributed by atoms with Crippen LogP contribution in [0.15, 0.2) is 36.4 Å². The summed E-state index contributed by atoms with van der Waals surface area (Å²) >= 11 is 6.38. The topological polar surface area (TPSA) is 57.2 Å². The van der Waals surface area contributed by atoms with E-state index in [1.165, 1.54) is 0 Å². The van der Waals surface area contributed by atoms with Gasteiger partial charge in [-0.2, -0.15) is 0 Å². The Kier molecular flexibility index (Phi) is 10.2. The van der Waals surface area contributed by atoms with Gasteiger partial charge in [0.2, 0.25) is 0 Å². The van der Waals surface area contributed by atoms with Crippen LogP contribution in [-0.4, -0.2) is 49.6 Å². The second kappa shape index (κ2) is 11.9. The standard InChI is InChI=1S/C28H41B2ClO5/c1-11-12-19-13-20(29-36-28(8,9)27(6,7)33-10)16-23(14-19)34-24-17-21(15-22(31)18-24)30-35-26(4,5)25(2,3)32/h13-18,32H,11-12H2,1-10H3. The molecule has 0 heterocycles. The first-order valence-electron chi connectivity index (χ1n) is 12.4. The summed E-state index contributed by atoms with van der Waals surface area (Å²) in [5.74, 6) is 1.27. The molecule has 0 aliphatic rings. The summed E-state index contributed by atoms with van der Waals surface area (Å²) in [5.41, 5.74) is -0.0440. The summed E-state index contributed by atoms with van der Waals surface area (Å²) in [4.78, 5) is 0. The molecule has 0 atom stereocenters. The number of benzene rings is 2. The second-order valence-corrected chi connectivity index (χ2v) is 11.7. The Balaban J connectivity index is 2.25. The van der Waals surface area contributed by atoms with E-state index in [0.29, 0.717) is 16.5 Å². The van der Waals surface area contributed by atoms with E-state index in [4.69, 9.17) is 30.4 Å². The van der Waals surface area contributed by atoms with Crippen molar-refractivity contribution in [3.05, 3.63) is 47.0 Å². The molecule has 0 saturated carbocycles. The van der Waals surface area contributed by atoms with Gasteiger partial charge in [-0.05, 0) is 109 Å². The molecule has 0 aliphatic carbocycles. The van der Waals surface area contributed by atoms with E-state index in [1.807, 2.05) is 59.7 Å². The lowest BCUT2D eigenvalue weighted by atomic mass is 9.81. The fraction of sp³-hybridized carbons (Fsp3) is 0.571. The predicted octanol–water partition coefficient (Wildman–Crippen LogP) is 5.36. The Labute approximate surface area is 224 Å². The summed E-state index contributed by atoms with van der Waals surface area (Å²) < 4.78 is 23.9. The zero-order valence-corrected chi connectivity index (χ0v) is 24.2. The molecule has 36 heavy (non-hydrogen) atoms. The normalized spacial score (nSPS) is 13.0. The molecule has 0 spiro atoms. The quantitative estimate of drug-likeness (QED) is 0.365. The lowest BCUT2D eigenvalue weighted by Gasteiger charge is -2.40. The third-order valence-corrected chi connectivity index (χ3v) is 7.29. The van der Waals surface area contributed by atoms with Crippen molar-refractivity contribution in [1.29, 1.82) is 0 Å². The highest BCUT2D eigenvalue weighted by Crippen LogP contribution is 2.29. The van der Waals surface area contributed by atoms with Crippen LogP contribution in [0.25, 0.3) is 0 Å². The minimum absolute atomic E-state index is 0.473. The SMILES string of the molecule is CCCc1cc([B]OC(C)(C)C(C)(C)OC)cc(Oc2cc(Cl)cc([B]OC(C)(C)C(C)(C)O)c2)c1. The van der Waals surface area contributed by atoms with E-state index >= 15 is 0 Å². The van der Waals surface area contributed by atoms with Crippen LogP contribution >= 0.6 is 11.6 Å². The van der Waals surface area contributed by atoms with Gasteiger partial charge in [0.05, 0.1) is 22.4 Å². The number of methoxy groups -OCH3 is 1. The first kappa shape index (κ1) is 30.7. The molecule has 0 aliphatic heterocycles. The van der Waals surface area contributed by atoms with Gasteiger partial charge in [-0.1, -0.05) is 31.0 Å². The molecule has 2 radical (unpaired) electrons. The van der Waals surface area contributed by atoms with Gasteiger partial charge in [0.1, 0.15) is 11.5 Å². The molecule has 5 nitrogen and oxygen atoms in total. The van der Waals surface area contributed by atoms with Crippen LogP contribution in [0.3, 0.4) is 0 Å². The summed E-state index contributed by atoms with van der Waals surface area (Å²) in [5, 5.41) is 10.9. The Morgan fingerprint density at radius 3 is 1.81 bits per heavy atom. The van der Waals surface area contributed by atoms with Crippen molar-refractivity contribution >= 4 is 37.5 Å². The average molecular weight is 515 g/mol. The summed E-state index contributed by atoms with van der Waals surface area (Å²) in [6, 6.07) is 11.5. The maximum absolute atomic E-state index is 10.4. The highest BCUT2D eigenvalue weighted by atomic mass is 35.5. The highest BCUT2D eigenvalue weighted by Gasteiger charge is 2.38. The maximum Gasteiger partial charge on any atom is 0.331 e. The fourth-order valence-corrected chi connectivity index (χ4v) is 3.29. The molecule has 2 aromatic rings. The molecule has 8 heteroatoms. The molecular formula is C28H41B2ClO5. The minimum atomic E-state index is -1.02. The number of hydrogen-bond donors (Lipinski definition) is 1. The monoisotopic (exact) mass is 514 g/mol. The molecule has 2 rings (SSSR count). The Bertz CT molecular complexity index is 1020. The Hall–Kier alpha value is -1.50. The molecular weight excluding hydrogens is 473 g/mol. The van der Waals surface area contributed by atoms with Crippen LogP contribution in [0.2, 0.25) is 5.02 Å². The summed E-state index contributed by atoms with van der Waals surface area (Å²) in [7, 11) is 5.04. The summed E-state index contributed by atoms with van der Waals surface area (Å²) in [6.07, 6.45) is 1.93. The number of ether oxygens (including phenoxy) is 2. The molecule has 0 aromatic heterocycles. The number of aryl methyl sites for hydroxylation is 1. The van der Waals surface area contributed by atoms with Crippen molar-refractivity contribution in [1.82, 2.24) is 0 Å². The van der Waals surface area contributed by atoms with Crippen molar-refractivity contribution in [2.24, 2.45) is 0 Å². The zero-order chi connectivity index (χ0) is 27.4. The molecule has 0 bridgehead atoms. The van der Waals surface area contributed by atoms with Crippen LogP contribution < -0.4 is 15.7 Å². The number of rotatable bonds is 13. The van der Waals surface area contributed by atoms with Crippen molar-refractivity contribution in [2.75, 3.05) is 7.11 Å². The van der Waals surface area contributed by atoms with Crippen LogP contribution in [0.5, 0.6) is 11.5 Å². The third kappa shape index (κ3) is 8.26. The Morgan fingerprint density at radius 1 is 0.750 bits per heavy atom. The molecule has 196 valence electrons. The molecule has 0 unspecified atom stereocenters. The first-order chi connectivity index (χ1) is 16.5. The van der Waals surface area contributed by atoms with Gasteiger partial charge in [0.15, 0.2) is 0 Å². The largest absolute Gasteiger partial charge is 0.457 e. The van der Waals surface area contributed by atoms with Crippen LogP contribution in [0.4, 0.5) is 0 Å². The van der Waals surface area contributed by atoms with Gasteiger partial charge in [-0.25, -0.2) is 0 Å². The van der Waals surface area contributed by atoms with Crippen LogP contribution in [0.1, 0.15) is 74.3 Å². The molecule has 0 amide bonds. The number of halogens is 1. The second-order valence-electron chi connectivity index (χ2n) is 11.2. The zero-order valence-electron chi connectivity index (χ0n) is 23.5. The lowest BCUT2D eigenvalue weighted by Crippen LogP contribution is -2.50. The third-order valence-electron chi connectivity index (χ3n) is 7.07. The van der Waals surface area contributed by atoms with Gasteiger partial charge in [-0.3, -0.25) is 0 Å². The smallest absolute Gasteiger partial charge is 0.331 e. The van der Waals surface area contributed by atoms with Gasteiger partial charge in [0.25, 0.3) is 0 Å². The molecule has 0 saturated heterocycles. The van der Waals surface area contributed by atoms with E-state index < -0.39 is 22.4 Å². The fourth-order valence-electron chi connectivity index (χ4n) is 3.06. The van der Waals surface area contributed by atoms with Gasteiger partial charge < -0.3 is 23.9 Å². The highest BCUT2D eigenvalue weighted by molar-refractivity contribution is 6.48. The minimum Gasteiger partial charge on any atom is -0.457 e. The number of aliphatic hydroxyl groups is 1. The predicted molar refractivity (Wildman–Crippen MR) is 150 cm³/mol. The van der Waals surface area contributed by atoms with Gasteiger partial charge >= 0.3 is 15.0 Å². The van der Waals surface area contributed by atoms with Crippen molar-refractivity contribution < 1.29 is 23.9 Å². The van der Waals surface area contributed by atoms with E-state index in [0.717, 1.165) is 29.3 Å². The van der Waals surface area contributed by atoms with Crippen molar-refractivity contribution in [2.45, 2.75) is 97.6 Å². The van der Waals surface area contributed by atoms with E-state index in [-0.39, 0.29) is 0 Å². The molecule has 0 fully saturated rings. The van der Waals surface area contributed by atoms with Crippen molar-refractivity contribution in [3.63, 3.8) is 0 Å². The van der Waals surface area contributed by atoms with Gasteiger partial charge in [-0.15, -0.1) is 0 Å². The first-order valence-corrected chi connectivity index (χ1v) is 12.8.